The first-order valence-corrected chi connectivity index (χ1v) is 5.60. The fourth-order valence-electron chi connectivity index (χ4n) is 2.76. The van der Waals surface area contributed by atoms with Crippen molar-refractivity contribution in [3.05, 3.63) is 29.8 Å². The number of ether oxygens (including phenoxy) is 2. The highest BCUT2D eigenvalue weighted by molar-refractivity contribution is 5.77. The molecule has 1 aliphatic carbocycles. The average molecular weight is 218 g/mol. The van der Waals surface area contributed by atoms with Gasteiger partial charge in [0.15, 0.2) is 0 Å². The molecule has 2 fully saturated rings. The summed E-state index contributed by atoms with van der Waals surface area (Å²) in [6.45, 7) is 0.621. The van der Waals surface area contributed by atoms with Gasteiger partial charge in [-0.3, -0.25) is 4.79 Å². The number of hydrogen-bond donors (Lipinski definition) is 0. The fourth-order valence-corrected chi connectivity index (χ4v) is 2.76. The minimum absolute atomic E-state index is 0.0166. The Balaban J connectivity index is 1.80. The Morgan fingerprint density at radius 1 is 1.31 bits per heavy atom. The van der Waals surface area contributed by atoms with Crippen molar-refractivity contribution in [1.29, 1.82) is 0 Å². The van der Waals surface area contributed by atoms with Gasteiger partial charge in [0.25, 0.3) is 0 Å². The van der Waals surface area contributed by atoms with Gasteiger partial charge >= 0.3 is 5.97 Å². The van der Waals surface area contributed by atoms with Gasteiger partial charge in [-0.1, -0.05) is 12.1 Å². The van der Waals surface area contributed by atoms with Gasteiger partial charge in [0, 0.05) is 5.92 Å². The minimum atomic E-state index is -0.0166. The van der Waals surface area contributed by atoms with Gasteiger partial charge < -0.3 is 9.47 Å². The lowest BCUT2D eigenvalue weighted by molar-refractivity contribution is -0.142. The second-order valence-corrected chi connectivity index (χ2v) is 4.53. The van der Waals surface area contributed by atoms with Crippen LogP contribution in [0.4, 0.5) is 0 Å². The summed E-state index contributed by atoms with van der Waals surface area (Å²) in [5.74, 6) is 1.75. The van der Waals surface area contributed by atoms with E-state index in [0.29, 0.717) is 18.4 Å². The van der Waals surface area contributed by atoms with Gasteiger partial charge in [-0.05, 0) is 30.0 Å². The van der Waals surface area contributed by atoms with Gasteiger partial charge in [0.05, 0.1) is 19.6 Å². The number of hydrogen-bond acceptors (Lipinski definition) is 3. The summed E-state index contributed by atoms with van der Waals surface area (Å²) < 4.78 is 10.2. The minimum Gasteiger partial charge on any atom is -0.497 e. The predicted octanol–water partition coefficient (Wildman–Crippen LogP) is 1.97. The van der Waals surface area contributed by atoms with Crippen molar-refractivity contribution in [1.82, 2.24) is 0 Å². The summed E-state index contributed by atoms with van der Waals surface area (Å²) in [5, 5.41) is 0. The Hall–Kier alpha value is -1.51. The number of methoxy groups -OCH3 is 1. The topological polar surface area (TPSA) is 35.5 Å². The van der Waals surface area contributed by atoms with Crippen LogP contribution in [-0.4, -0.2) is 19.7 Å². The Kier molecular flexibility index (Phi) is 2.13. The van der Waals surface area contributed by atoms with E-state index >= 15 is 0 Å². The molecule has 0 spiro atoms. The summed E-state index contributed by atoms with van der Waals surface area (Å²) in [7, 11) is 1.66. The molecule has 3 rings (SSSR count). The van der Waals surface area contributed by atoms with Gasteiger partial charge in [0.2, 0.25) is 0 Å². The van der Waals surface area contributed by atoms with Gasteiger partial charge in [0.1, 0.15) is 5.75 Å². The number of benzene rings is 1. The quantitative estimate of drug-likeness (QED) is 0.712. The largest absolute Gasteiger partial charge is 0.497 e. The fraction of sp³-hybridized carbons (Fsp3) is 0.462. The van der Waals surface area contributed by atoms with Crippen LogP contribution in [-0.2, 0) is 9.53 Å². The van der Waals surface area contributed by atoms with Gasteiger partial charge in [-0.25, -0.2) is 0 Å². The number of rotatable bonds is 2. The summed E-state index contributed by atoms with van der Waals surface area (Å²) in [4.78, 5) is 11.5. The SMILES string of the molecule is COc1ccc([C@H]2C[C@H]3COC(=O)[C@H]32)cc1. The van der Waals surface area contributed by atoms with E-state index in [0.717, 1.165) is 12.2 Å². The molecular weight excluding hydrogens is 204 g/mol. The standard InChI is InChI=1S/C13H14O3/c1-15-10-4-2-8(3-5-10)11-6-9-7-16-13(14)12(9)11/h2-5,9,11-12H,6-7H2,1H3/t9-,11+,12+/m0/s1. The van der Waals surface area contributed by atoms with Crippen LogP contribution in [0.5, 0.6) is 5.75 Å². The molecule has 0 bridgehead atoms. The lowest BCUT2D eigenvalue weighted by atomic mass is 9.64. The number of carbonyl (C=O) groups excluding carboxylic acids is 1. The zero-order valence-corrected chi connectivity index (χ0v) is 9.18. The highest BCUT2D eigenvalue weighted by atomic mass is 16.5. The van der Waals surface area contributed by atoms with Gasteiger partial charge in [-0.15, -0.1) is 0 Å². The van der Waals surface area contributed by atoms with Crippen molar-refractivity contribution >= 4 is 5.97 Å². The molecule has 1 heterocycles. The van der Waals surface area contributed by atoms with Crippen LogP contribution in [0.2, 0.25) is 0 Å². The maximum absolute atomic E-state index is 11.5. The number of cyclic esters (lactones) is 1. The Morgan fingerprint density at radius 2 is 2.06 bits per heavy atom. The highest BCUT2D eigenvalue weighted by Gasteiger charge is 2.51. The molecule has 3 atom stereocenters. The van der Waals surface area contributed by atoms with E-state index in [9.17, 15) is 4.79 Å². The van der Waals surface area contributed by atoms with E-state index in [1.165, 1.54) is 5.56 Å². The monoisotopic (exact) mass is 218 g/mol. The normalized spacial score (nSPS) is 31.6. The van der Waals surface area contributed by atoms with Crippen LogP contribution in [0.15, 0.2) is 24.3 Å². The molecule has 0 unspecified atom stereocenters. The molecule has 0 radical (unpaired) electrons. The molecule has 84 valence electrons. The van der Waals surface area contributed by atoms with Crippen LogP contribution in [0.3, 0.4) is 0 Å². The first-order valence-electron chi connectivity index (χ1n) is 5.60. The van der Waals surface area contributed by atoms with Crippen LogP contribution < -0.4 is 4.74 Å². The van der Waals surface area contributed by atoms with Gasteiger partial charge in [-0.2, -0.15) is 0 Å². The third-order valence-electron chi connectivity index (χ3n) is 3.75. The smallest absolute Gasteiger partial charge is 0.309 e. The van der Waals surface area contributed by atoms with Crippen LogP contribution >= 0.6 is 0 Å². The molecule has 1 saturated carbocycles. The van der Waals surface area contributed by atoms with Crippen molar-refractivity contribution in [3.63, 3.8) is 0 Å². The van der Waals surface area contributed by atoms with E-state index < -0.39 is 0 Å². The summed E-state index contributed by atoms with van der Waals surface area (Å²) in [6, 6.07) is 7.99. The van der Waals surface area contributed by atoms with E-state index in [1.54, 1.807) is 7.11 Å². The molecule has 1 aliphatic heterocycles. The summed E-state index contributed by atoms with van der Waals surface area (Å²) in [6.07, 6.45) is 1.07. The molecule has 3 heteroatoms. The lowest BCUT2D eigenvalue weighted by Crippen LogP contribution is -2.35. The maximum atomic E-state index is 11.5. The van der Waals surface area contributed by atoms with Crippen LogP contribution in [0.1, 0.15) is 17.9 Å². The van der Waals surface area contributed by atoms with Crippen LogP contribution in [0.25, 0.3) is 0 Å². The summed E-state index contributed by atoms with van der Waals surface area (Å²) >= 11 is 0. The van der Waals surface area contributed by atoms with E-state index in [2.05, 4.69) is 0 Å². The Bertz CT molecular complexity index is 410. The maximum Gasteiger partial charge on any atom is 0.309 e. The molecule has 3 nitrogen and oxygen atoms in total. The van der Waals surface area contributed by atoms with Crippen molar-refractivity contribution in [2.75, 3.05) is 13.7 Å². The van der Waals surface area contributed by atoms with E-state index in [-0.39, 0.29) is 11.9 Å². The molecule has 0 aromatic heterocycles. The van der Waals surface area contributed by atoms with Crippen molar-refractivity contribution < 1.29 is 14.3 Å². The highest BCUT2D eigenvalue weighted by Crippen LogP contribution is 2.51. The molecular formula is C13H14O3. The molecule has 0 N–H and O–H groups in total. The molecule has 1 aromatic carbocycles. The second kappa shape index (κ2) is 3.51. The predicted molar refractivity (Wildman–Crippen MR) is 58.3 cm³/mol. The van der Waals surface area contributed by atoms with E-state index in [4.69, 9.17) is 9.47 Å². The Morgan fingerprint density at radius 3 is 2.69 bits per heavy atom. The zero-order chi connectivity index (χ0) is 11.1. The lowest BCUT2D eigenvalue weighted by Gasteiger charge is -2.36. The third-order valence-corrected chi connectivity index (χ3v) is 3.75. The Labute approximate surface area is 94.4 Å². The van der Waals surface area contributed by atoms with Crippen molar-refractivity contribution in [3.8, 4) is 5.75 Å². The number of carbonyl (C=O) groups is 1. The molecule has 16 heavy (non-hydrogen) atoms. The molecule has 0 amide bonds. The second-order valence-electron chi connectivity index (χ2n) is 4.53. The number of esters is 1. The molecule has 1 aromatic rings. The molecule has 2 aliphatic rings. The summed E-state index contributed by atoms with van der Waals surface area (Å²) in [5.41, 5.74) is 1.22. The number of fused-ring (bicyclic) bond motifs is 1. The van der Waals surface area contributed by atoms with E-state index in [1.807, 2.05) is 24.3 Å². The van der Waals surface area contributed by atoms with Crippen molar-refractivity contribution in [2.24, 2.45) is 11.8 Å². The zero-order valence-electron chi connectivity index (χ0n) is 9.18. The van der Waals surface area contributed by atoms with Crippen LogP contribution in [0, 0.1) is 11.8 Å². The third kappa shape index (κ3) is 1.31. The first-order chi connectivity index (χ1) is 7.79. The van der Waals surface area contributed by atoms with Crippen molar-refractivity contribution in [2.45, 2.75) is 12.3 Å². The molecule has 1 saturated heterocycles. The first kappa shape index (κ1) is 9.70. The average Bonchev–Trinajstić information content (AvgIpc) is 2.55.